The van der Waals surface area contributed by atoms with Crippen LogP contribution in [0.5, 0.6) is 0 Å². The van der Waals surface area contributed by atoms with Gasteiger partial charge in [0, 0.05) is 17.3 Å². The fraction of sp³-hybridized carbons (Fsp3) is 0.368. The van der Waals surface area contributed by atoms with E-state index in [1.807, 2.05) is 27.7 Å². The Balaban J connectivity index is 2.54. The molecule has 2 heterocycles. The molecule has 25 heavy (non-hydrogen) atoms. The smallest absolute Gasteiger partial charge is 0.261 e. The summed E-state index contributed by atoms with van der Waals surface area (Å²) in [5.41, 5.74) is 0.108. The summed E-state index contributed by atoms with van der Waals surface area (Å²) < 4.78 is 53.6. The summed E-state index contributed by atoms with van der Waals surface area (Å²) in [5, 5.41) is 0. The van der Waals surface area contributed by atoms with Crippen LogP contribution in [0.4, 0.5) is 17.6 Å². The Morgan fingerprint density at radius 1 is 1.12 bits per heavy atom. The molecule has 1 atom stereocenters. The van der Waals surface area contributed by atoms with E-state index in [-0.39, 0.29) is 22.7 Å². The molecule has 2 nitrogen and oxygen atoms in total. The van der Waals surface area contributed by atoms with Gasteiger partial charge in [-0.05, 0) is 30.9 Å². The molecule has 0 fully saturated rings. The zero-order valence-electron chi connectivity index (χ0n) is 14.5. The van der Waals surface area contributed by atoms with E-state index in [1.165, 1.54) is 24.4 Å². The first kappa shape index (κ1) is 19.1. The third kappa shape index (κ3) is 4.65. The predicted octanol–water partition coefficient (Wildman–Crippen LogP) is 6.00. The molecule has 0 amide bonds. The van der Waals surface area contributed by atoms with Crippen molar-refractivity contribution >= 4 is 6.08 Å². The lowest BCUT2D eigenvalue weighted by Gasteiger charge is -2.18. The second-order valence-electron chi connectivity index (χ2n) is 6.44. The van der Waals surface area contributed by atoms with Gasteiger partial charge in [-0.15, -0.1) is 0 Å². The average molecular weight is 352 g/mol. The molecule has 0 bridgehead atoms. The van der Waals surface area contributed by atoms with Crippen molar-refractivity contribution in [2.24, 2.45) is 11.8 Å². The standard InChI is InChI=1S/C19H20F4N2/c1-11(2)13(4)12(3)7-14-5-6-17(25-18(14)19(21,22)23)15-8-16(20)10-24-9-15/h5-11,13H,1-4H3/b12-7-. The number of halogens is 4. The molecule has 0 aliphatic heterocycles. The van der Waals surface area contributed by atoms with Gasteiger partial charge in [0.15, 0.2) is 5.69 Å². The Morgan fingerprint density at radius 2 is 1.80 bits per heavy atom. The highest BCUT2D eigenvalue weighted by atomic mass is 19.4. The van der Waals surface area contributed by atoms with Gasteiger partial charge in [0.2, 0.25) is 0 Å². The Bertz CT molecular complexity index is 779. The van der Waals surface area contributed by atoms with E-state index in [9.17, 15) is 17.6 Å². The molecular weight excluding hydrogens is 332 g/mol. The molecule has 0 radical (unpaired) electrons. The summed E-state index contributed by atoms with van der Waals surface area (Å²) in [6.07, 6.45) is -0.812. The maximum absolute atomic E-state index is 13.5. The van der Waals surface area contributed by atoms with Crippen molar-refractivity contribution in [2.45, 2.75) is 33.9 Å². The molecule has 134 valence electrons. The predicted molar refractivity (Wildman–Crippen MR) is 90.1 cm³/mol. The van der Waals surface area contributed by atoms with Gasteiger partial charge in [-0.25, -0.2) is 9.37 Å². The van der Waals surface area contributed by atoms with Crippen molar-refractivity contribution in [2.75, 3.05) is 0 Å². The molecule has 0 spiro atoms. The molecule has 0 aromatic carbocycles. The minimum Gasteiger partial charge on any atom is -0.261 e. The number of rotatable bonds is 4. The zero-order valence-corrected chi connectivity index (χ0v) is 14.5. The largest absolute Gasteiger partial charge is 0.433 e. The van der Waals surface area contributed by atoms with Crippen molar-refractivity contribution in [1.82, 2.24) is 9.97 Å². The number of hydrogen-bond donors (Lipinski definition) is 0. The highest BCUT2D eigenvalue weighted by molar-refractivity contribution is 5.63. The van der Waals surface area contributed by atoms with Crippen molar-refractivity contribution in [1.29, 1.82) is 0 Å². The normalized spacial score (nSPS) is 14.0. The molecule has 0 saturated heterocycles. The Kier molecular flexibility index (Phi) is 5.60. The lowest BCUT2D eigenvalue weighted by Crippen LogP contribution is -2.12. The minimum absolute atomic E-state index is 0.00520. The number of hydrogen-bond acceptors (Lipinski definition) is 2. The van der Waals surface area contributed by atoms with E-state index in [0.717, 1.165) is 17.8 Å². The highest BCUT2D eigenvalue weighted by Gasteiger charge is 2.35. The van der Waals surface area contributed by atoms with Crippen LogP contribution >= 0.6 is 0 Å². The molecule has 0 aliphatic rings. The Morgan fingerprint density at radius 3 is 2.36 bits per heavy atom. The van der Waals surface area contributed by atoms with Crippen LogP contribution in [0.2, 0.25) is 0 Å². The third-order valence-corrected chi connectivity index (χ3v) is 4.30. The van der Waals surface area contributed by atoms with Gasteiger partial charge in [0.25, 0.3) is 0 Å². The molecule has 1 unspecified atom stereocenters. The molecule has 6 heteroatoms. The maximum Gasteiger partial charge on any atom is 0.433 e. The maximum atomic E-state index is 13.5. The van der Waals surface area contributed by atoms with Crippen LogP contribution in [0.1, 0.15) is 39.0 Å². The van der Waals surface area contributed by atoms with Gasteiger partial charge in [0.05, 0.1) is 11.9 Å². The zero-order chi connectivity index (χ0) is 18.8. The van der Waals surface area contributed by atoms with E-state index >= 15 is 0 Å². The minimum atomic E-state index is -4.61. The van der Waals surface area contributed by atoms with Crippen molar-refractivity contribution < 1.29 is 17.6 Å². The molecule has 2 aromatic heterocycles. The van der Waals surface area contributed by atoms with Crippen LogP contribution in [0.3, 0.4) is 0 Å². The van der Waals surface area contributed by atoms with Gasteiger partial charge in [-0.2, -0.15) is 13.2 Å². The van der Waals surface area contributed by atoms with Crippen molar-refractivity contribution in [3.05, 3.63) is 53.2 Å². The number of aromatic nitrogens is 2. The monoisotopic (exact) mass is 352 g/mol. The number of pyridine rings is 2. The molecular formula is C19H20F4N2. The van der Waals surface area contributed by atoms with Crippen LogP contribution < -0.4 is 0 Å². The second-order valence-corrected chi connectivity index (χ2v) is 6.44. The lowest BCUT2D eigenvalue weighted by molar-refractivity contribution is -0.141. The fourth-order valence-corrected chi connectivity index (χ4v) is 2.43. The SMILES string of the molecule is C/C(=C/c1ccc(-c2cncc(F)c2)nc1C(F)(F)F)C(C)C(C)C. The van der Waals surface area contributed by atoms with E-state index in [0.29, 0.717) is 5.92 Å². The molecule has 2 rings (SSSR count). The topological polar surface area (TPSA) is 25.8 Å². The summed E-state index contributed by atoms with van der Waals surface area (Å²) >= 11 is 0. The lowest BCUT2D eigenvalue weighted by atomic mass is 9.89. The van der Waals surface area contributed by atoms with Gasteiger partial charge < -0.3 is 0 Å². The summed E-state index contributed by atoms with van der Waals surface area (Å²) in [6, 6.07) is 3.93. The number of alkyl halides is 3. The first-order chi connectivity index (χ1) is 11.6. The van der Waals surface area contributed by atoms with Crippen molar-refractivity contribution in [3.8, 4) is 11.3 Å². The van der Waals surface area contributed by atoms with E-state index in [1.54, 1.807) is 0 Å². The highest BCUT2D eigenvalue weighted by Crippen LogP contribution is 2.34. The Hall–Kier alpha value is -2.24. The second kappa shape index (κ2) is 7.33. The van der Waals surface area contributed by atoms with Crippen LogP contribution in [-0.2, 0) is 6.18 Å². The summed E-state index contributed by atoms with van der Waals surface area (Å²) in [5.74, 6) is -0.164. The van der Waals surface area contributed by atoms with Crippen molar-refractivity contribution in [3.63, 3.8) is 0 Å². The first-order valence-corrected chi connectivity index (χ1v) is 7.97. The van der Waals surface area contributed by atoms with Gasteiger partial charge in [0.1, 0.15) is 5.82 Å². The van der Waals surface area contributed by atoms with Gasteiger partial charge >= 0.3 is 6.18 Å². The molecule has 2 aromatic rings. The van der Waals surface area contributed by atoms with Crippen LogP contribution in [0.15, 0.2) is 36.2 Å². The summed E-state index contributed by atoms with van der Waals surface area (Å²) in [6.45, 7) is 7.83. The van der Waals surface area contributed by atoms with E-state index in [2.05, 4.69) is 9.97 Å². The van der Waals surface area contributed by atoms with Gasteiger partial charge in [-0.1, -0.05) is 38.5 Å². The number of allylic oxidation sites excluding steroid dienone is 1. The van der Waals surface area contributed by atoms with Crippen LogP contribution in [0, 0.1) is 17.7 Å². The van der Waals surface area contributed by atoms with Crippen LogP contribution in [-0.4, -0.2) is 9.97 Å². The summed E-state index contributed by atoms with van der Waals surface area (Å²) in [4.78, 5) is 7.39. The molecule has 0 aliphatic carbocycles. The van der Waals surface area contributed by atoms with E-state index < -0.39 is 17.7 Å². The van der Waals surface area contributed by atoms with Crippen LogP contribution in [0.25, 0.3) is 17.3 Å². The number of nitrogens with zero attached hydrogens (tertiary/aromatic N) is 2. The first-order valence-electron chi connectivity index (χ1n) is 7.97. The fourth-order valence-electron chi connectivity index (χ4n) is 2.43. The quantitative estimate of drug-likeness (QED) is 0.631. The van der Waals surface area contributed by atoms with Gasteiger partial charge in [-0.3, -0.25) is 4.98 Å². The average Bonchev–Trinajstić information content (AvgIpc) is 2.53. The Labute approximate surface area is 144 Å². The summed E-state index contributed by atoms with van der Waals surface area (Å²) in [7, 11) is 0. The third-order valence-electron chi connectivity index (χ3n) is 4.30. The molecule has 0 N–H and O–H groups in total. The van der Waals surface area contributed by atoms with E-state index in [4.69, 9.17) is 0 Å². The molecule has 0 saturated carbocycles.